The fraction of sp³-hybridized carbons (Fsp3) is 0.500. The van der Waals surface area contributed by atoms with Crippen LogP contribution in [-0.2, 0) is 16.1 Å². The van der Waals surface area contributed by atoms with Crippen LogP contribution in [0.4, 0.5) is 0 Å². The monoisotopic (exact) mass is 300 g/mol. The number of hydrogen-bond acceptors (Lipinski definition) is 4. The van der Waals surface area contributed by atoms with Crippen molar-refractivity contribution in [2.45, 2.75) is 19.6 Å². The fourth-order valence-corrected chi connectivity index (χ4v) is 1.84. The molecule has 5 nitrogen and oxygen atoms in total. The molecule has 6 heteroatoms. The van der Waals surface area contributed by atoms with E-state index in [9.17, 15) is 4.79 Å². The highest BCUT2D eigenvalue weighted by Gasteiger charge is 2.14. The lowest BCUT2D eigenvalue weighted by molar-refractivity contribution is -0.126. The van der Waals surface area contributed by atoms with Crippen molar-refractivity contribution in [2.75, 3.05) is 27.3 Å². The molecule has 2 N–H and O–H groups in total. The number of halogens is 1. The summed E-state index contributed by atoms with van der Waals surface area (Å²) in [6.07, 6.45) is -0.557. The summed E-state index contributed by atoms with van der Waals surface area (Å²) in [4.78, 5) is 11.5. The predicted octanol–water partition coefficient (Wildman–Crippen LogP) is 1.59. The summed E-state index contributed by atoms with van der Waals surface area (Å²) in [6.45, 7) is 3.66. The first-order valence-corrected chi connectivity index (χ1v) is 6.82. The molecule has 112 valence electrons. The number of carbonyl (C=O) groups is 1. The number of rotatable bonds is 8. The van der Waals surface area contributed by atoms with Crippen molar-refractivity contribution in [2.24, 2.45) is 0 Å². The molecule has 0 fully saturated rings. The molecule has 1 aromatic carbocycles. The van der Waals surface area contributed by atoms with Gasteiger partial charge in [0.25, 0.3) is 5.91 Å². The Bertz CT molecular complexity index is 440. The maximum atomic E-state index is 11.5. The van der Waals surface area contributed by atoms with Crippen LogP contribution < -0.4 is 15.4 Å². The fourth-order valence-electron chi connectivity index (χ4n) is 1.65. The van der Waals surface area contributed by atoms with Crippen molar-refractivity contribution in [3.05, 3.63) is 28.8 Å². The molecular formula is C14H21ClN2O3. The van der Waals surface area contributed by atoms with Gasteiger partial charge in [-0.05, 0) is 25.1 Å². The van der Waals surface area contributed by atoms with E-state index in [0.717, 1.165) is 12.1 Å². The van der Waals surface area contributed by atoms with Gasteiger partial charge in [-0.1, -0.05) is 11.6 Å². The van der Waals surface area contributed by atoms with E-state index < -0.39 is 6.10 Å². The van der Waals surface area contributed by atoms with Crippen LogP contribution in [0.5, 0.6) is 5.75 Å². The largest absolute Gasteiger partial charge is 0.481 e. The van der Waals surface area contributed by atoms with Crippen molar-refractivity contribution < 1.29 is 14.3 Å². The van der Waals surface area contributed by atoms with E-state index in [1.54, 1.807) is 33.2 Å². The van der Waals surface area contributed by atoms with E-state index in [1.807, 2.05) is 6.07 Å². The van der Waals surface area contributed by atoms with Crippen LogP contribution in [0.15, 0.2) is 18.2 Å². The first-order chi connectivity index (χ1) is 9.58. The minimum absolute atomic E-state index is 0.168. The number of benzene rings is 1. The first-order valence-electron chi connectivity index (χ1n) is 6.44. The molecule has 0 spiro atoms. The number of likely N-dealkylation sites (N-methyl/N-ethyl adjacent to an activating group) is 1. The van der Waals surface area contributed by atoms with Gasteiger partial charge in [-0.3, -0.25) is 4.79 Å². The van der Waals surface area contributed by atoms with Gasteiger partial charge in [-0.2, -0.15) is 0 Å². The summed E-state index contributed by atoms with van der Waals surface area (Å²) in [7, 11) is 3.23. The second-order valence-electron chi connectivity index (χ2n) is 4.30. The minimum atomic E-state index is -0.557. The maximum Gasteiger partial charge on any atom is 0.260 e. The third-order valence-corrected chi connectivity index (χ3v) is 2.98. The zero-order chi connectivity index (χ0) is 15.0. The van der Waals surface area contributed by atoms with Gasteiger partial charge < -0.3 is 20.1 Å². The van der Waals surface area contributed by atoms with Gasteiger partial charge in [0.15, 0.2) is 6.10 Å². The van der Waals surface area contributed by atoms with E-state index in [1.165, 1.54) is 0 Å². The Morgan fingerprint density at radius 3 is 2.85 bits per heavy atom. The Hall–Kier alpha value is -1.30. The Kier molecular flexibility index (Phi) is 7.36. The van der Waals surface area contributed by atoms with Crippen LogP contribution in [-0.4, -0.2) is 39.3 Å². The lowest BCUT2D eigenvalue weighted by Crippen LogP contribution is -2.34. The molecule has 1 amide bonds. The second kappa shape index (κ2) is 8.79. The summed E-state index contributed by atoms with van der Waals surface area (Å²) < 4.78 is 10.6. The van der Waals surface area contributed by atoms with Crippen LogP contribution in [0.1, 0.15) is 12.5 Å². The molecule has 0 saturated heterocycles. The summed E-state index contributed by atoms with van der Waals surface area (Å²) in [6, 6.07) is 5.34. The first kappa shape index (κ1) is 16.8. The number of nitrogens with one attached hydrogen (secondary N) is 2. The Morgan fingerprint density at radius 1 is 1.45 bits per heavy atom. The lowest BCUT2D eigenvalue weighted by Gasteiger charge is -2.17. The number of amides is 1. The SMILES string of the molecule is CNC(=O)C(C)Oc1ccc(Cl)cc1CNCCOC. The Balaban J connectivity index is 2.71. The molecule has 0 aromatic heterocycles. The molecule has 1 unspecified atom stereocenters. The van der Waals surface area contributed by atoms with Gasteiger partial charge in [-0.15, -0.1) is 0 Å². The van der Waals surface area contributed by atoms with Crippen LogP contribution in [0, 0.1) is 0 Å². The summed E-state index contributed by atoms with van der Waals surface area (Å²) >= 11 is 6.00. The van der Waals surface area contributed by atoms with Gasteiger partial charge in [0, 0.05) is 37.8 Å². The third kappa shape index (κ3) is 5.36. The molecule has 0 aliphatic rings. The van der Waals surface area contributed by atoms with Gasteiger partial charge in [0.1, 0.15) is 5.75 Å². The molecule has 0 heterocycles. The molecule has 0 saturated carbocycles. The molecule has 0 bridgehead atoms. The van der Waals surface area contributed by atoms with Crippen LogP contribution in [0.3, 0.4) is 0 Å². The van der Waals surface area contributed by atoms with E-state index in [0.29, 0.717) is 23.9 Å². The number of methoxy groups -OCH3 is 1. The van der Waals surface area contributed by atoms with E-state index in [-0.39, 0.29) is 5.91 Å². The summed E-state index contributed by atoms with van der Waals surface area (Å²) in [5.74, 6) is 0.480. The smallest absolute Gasteiger partial charge is 0.260 e. The van der Waals surface area contributed by atoms with Crippen molar-refractivity contribution in [3.8, 4) is 5.75 Å². The molecule has 1 rings (SSSR count). The molecule has 20 heavy (non-hydrogen) atoms. The predicted molar refractivity (Wildman–Crippen MR) is 79.2 cm³/mol. The van der Waals surface area contributed by atoms with E-state index >= 15 is 0 Å². The number of hydrogen-bond donors (Lipinski definition) is 2. The molecule has 0 aliphatic heterocycles. The molecule has 1 aromatic rings. The second-order valence-corrected chi connectivity index (χ2v) is 4.73. The Morgan fingerprint density at radius 2 is 2.20 bits per heavy atom. The zero-order valence-electron chi connectivity index (χ0n) is 12.0. The maximum absolute atomic E-state index is 11.5. The summed E-state index contributed by atoms with van der Waals surface area (Å²) in [5.41, 5.74) is 0.907. The molecule has 1 atom stereocenters. The van der Waals surface area contributed by atoms with Crippen LogP contribution in [0.2, 0.25) is 5.02 Å². The minimum Gasteiger partial charge on any atom is -0.481 e. The molecular weight excluding hydrogens is 280 g/mol. The average Bonchev–Trinajstić information content (AvgIpc) is 2.45. The third-order valence-electron chi connectivity index (χ3n) is 2.74. The van der Waals surface area contributed by atoms with Crippen molar-refractivity contribution in [1.29, 1.82) is 0 Å². The normalized spacial score (nSPS) is 12.0. The highest BCUT2D eigenvalue weighted by molar-refractivity contribution is 6.30. The quantitative estimate of drug-likeness (QED) is 0.716. The summed E-state index contributed by atoms with van der Waals surface area (Å²) in [5, 5.41) is 6.41. The van der Waals surface area contributed by atoms with Crippen molar-refractivity contribution in [3.63, 3.8) is 0 Å². The van der Waals surface area contributed by atoms with Gasteiger partial charge in [0.2, 0.25) is 0 Å². The molecule has 0 aliphatic carbocycles. The lowest BCUT2D eigenvalue weighted by atomic mass is 10.2. The molecule has 0 radical (unpaired) electrons. The van der Waals surface area contributed by atoms with E-state index in [2.05, 4.69) is 10.6 Å². The highest BCUT2D eigenvalue weighted by atomic mass is 35.5. The van der Waals surface area contributed by atoms with Gasteiger partial charge >= 0.3 is 0 Å². The Labute approximate surface area is 124 Å². The average molecular weight is 301 g/mol. The van der Waals surface area contributed by atoms with Gasteiger partial charge in [-0.25, -0.2) is 0 Å². The van der Waals surface area contributed by atoms with Crippen LogP contribution >= 0.6 is 11.6 Å². The highest BCUT2D eigenvalue weighted by Crippen LogP contribution is 2.23. The zero-order valence-corrected chi connectivity index (χ0v) is 12.8. The van der Waals surface area contributed by atoms with E-state index in [4.69, 9.17) is 21.1 Å². The van der Waals surface area contributed by atoms with Crippen molar-refractivity contribution >= 4 is 17.5 Å². The van der Waals surface area contributed by atoms with Crippen molar-refractivity contribution in [1.82, 2.24) is 10.6 Å². The standard InChI is InChI=1S/C14H21ClN2O3/c1-10(14(18)16-2)20-13-5-4-12(15)8-11(13)9-17-6-7-19-3/h4-5,8,10,17H,6-7,9H2,1-3H3,(H,16,18). The number of carbonyl (C=O) groups excluding carboxylic acids is 1. The van der Waals surface area contributed by atoms with Crippen LogP contribution in [0.25, 0.3) is 0 Å². The number of ether oxygens (including phenoxy) is 2. The van der Waals surface area contributed by atoms with Gasteiger partial charge in [0.05, 0.1) is 6.61 Å². The topological polar surface area (TPSA) is 59.6 Å².